The van der Waals surface area contributed by atoms with Gasteiger partial charge < -0.3 is 5.73 Å². The molecule has 0 aliphatic rings. The quantitative estimate of drug-likeness (QED) is 0.769. The second-order valence-corrected chi connectivity index (χ2v) is 6.21. The van der Waals surface area contributed by atoms with Crippen LogP contribution in [-0.2, 0) is 13.0 Å². The largest absolute Gasteiger partial charge is 0.326 e. The molecule has 4 heteroatoms. The van der Waals surface area contributed by atoms with E-state index in [1.807, 2.05) is 30.3 Å². The van der Waals surface area contributed by atoms with Crippen molar-refractivity contribution in [2.24, 2.45) is 5.73 Å². The normalized spacial score (nSPS) is 10.8. The predicted molar refractivity (Wildman–Crippen MR) is 89.7 cm³/mol. The first-order valence-corrected chi connectivity index (χ1v) is 7.98. The zero-order valence-electron chi connectivity index (χ0n) is 11.4. The van der Waals surface area contributed by atoms with E-state index in [-0.39, 0.29) is 0 Å². The van der Waals surface area contributed by atoms with Crippen LogP contribution in [0, 0.1) is 0 Å². The summed E-state index contributed by atoms with van der Waals surface area (Å²) in [5.41, 5.74) is 10.1. The van der Waals surface area contributed by atoms with Crippen molar-refractivity contribution in [3.05, 3.63) is 75.1 Å². The lowest BCUT2D eigenvalue weighted by Crippen LogP contribution is -1.95. The molecule has 0 fully saturated rings. The van der Waals surface area contributed by atoms with Gasteiger partial charge in [0.2, 0.25) is 0 Å². The van der Waals surface area contributed by atoms with Gasteiger partial charge in [-0.2, -0.15) is 0 Å². The highest BCUT2D eigenvalue weighted by Crippen LogP contribution is 2.24. The predicted octanol–water partition coefficient (Wildman–Crippen LogP) is 4.51. The Morgan fingerprint density at radius 3 is 2.57 bits per heavy atom. The zero-order valence-corrected chi connectivity index (χ0v) is 13.0. The van der Waals surface area contributed by atoms with Crippen molar-refractivity contribution in [2.45, 2.75) is 13.0 Å². The molecule has 106 valence electrons. The average Bonchev–Trinajstić information content (AvgIpc) is 2.96. The number of hydrogen-bond acceptors (Lipinski definition) is 3. The van der Waals surface area contributed by atoms with Crippen LogP contribution in [0.2, 0.25) is 5.02 Å². The van der Waals surface area contributed by atoms with Crippen molar-refractivity contribution in [2.75, 3.05) is 0 Å². The van der Waals surface area contributed by atoms with E-state index in [1.54, 1.807) is 11.3 Å². The zero-order chi connectivity index (χ0) is 14.7. The van der Waals surface area contributed by atoms with E-state index >= 15 is 0 Å². The number of nitrogens with two attached hydrogens (primary N) is 1. The van der Waals surface area contributed by atoms with Gasteiger partial charge in [-0.05, 0) is 23.3 Å². The maximum atomic E-state index is 6.01. The van der Waals surface area contributed by atoms with E-state index in [9.17, 15) is 0 Å². The third kappa shape index (κ3) is 3.50. The Morgan fingerprint density at radius 2 is 1.86 bits per heavy atom. The number of nitrogens with zero attached hydrogens (tertiary/aromatic N) is 1. The topological polar surface area (TPSA) is 38.9 Å². The molecule has 0 aliphatic carbocycles. The summed E-state index contributed by atoms with van der Waals surface area (Å²) >= 11 is 7.69. The fourth-order valence-electron chi connectivity index (χ4n) is 2.16. The highest BCUT2D eigenvalue weighted by atomic mass is 35.5. The molecule has 0 atom stereocenters. The van der Waals surface area contributed by atoms with Crippen molar-refractivity contribution >= 4 is 22.9 Å². The minimum absolute atomic E-state index is 0.567. The maximum absolute atomic E-state index is 6.01. The summed E-state index contributed by atoms with van der Waals surface area (Å²) < 4.78 is 0. The summed E-state index contributed by atoms with van der Waals surface area (Å²) in [5.74, 6) is 0. The van der Waals surface area contributed by atoms with Crippen molar-refractivity contribution in [3.63, 3.8) is 0 Å². The molecule has 0 saturated heterocycles. The molecule has 2 aromatic carbocycles. The Bertz CT molecular complexity index is 735. The standard InChI is InChI=1S/C17H15ClN2S/c18-15-3-1-2-13(8-15)9-17-20-16(11-21-17)14-6-4-12(10-19)5-7-14/h1-8,11H,9-10,19H2. The molecule has 0 bridgehead atoms. The first-order chi connectivity index (χ1) is 10.2. The Labute approximate surface area is 133 Å². The summed E-state index contributed by atoms with van der Waals surface area (Å²) in [6.07, 6.45) is 0.812. The highest BCUT2D eigenvalue weighted by molar-refractivity contribution is 7.10. The number of thiazole rings is 1. The fraction of sp³-hybridized carbons (Fsp3) is 0.118. The van der Waals surface area contributed by atoms with Crippen LogP contribution in [-0.4, -0.2) is 4.98 Å². The number of rotatable bonds is 4. The molecule has 0 saturated carbocycles. The molecule has 2 nitrogen and oxygen atoms in total. The Kier molecular flexibility index (Phi) is 4.34. The summed E-state index contributed by atoms with van der Waals surface area (Å²) in [7, 11) is 0. The average molecular weight is 315 g/mol. The van der Waals surface area contributed by atoms with Gasteiger partial charge in [-0.1, -0.05) is 48.0 Å². The van der Waals surface area contributed by atoms with Crippen molar-refractivity contribution < 1.29 is 0 Å². The van der Waals surface area contributed by atoms with E-state index in [0.717, 1.165) is 33.3 Å². The molecule has 2 N–H and O–H groups in total. The van der Waals surface area contributed by atoms with Crippen LogP contribution < -0.4 is 5.73 Å². The second-order valence-electron chi connectivity index (χ2n) is 4.83. The number of aromatic nitrogens is 1. The van der Waals surface area contributed by atoms with Gasteiger partial charge in [0.1, 0.15) is 0 Å². The molecule has 1 aromatic heterocycles. The molecule has 3 rings (SSSR count). The van der Waals surface area contributed by atoms with Gasteiger partial charge in [0.15, 0.2) is 0 Å². The van der Waals surface area contributed by atoms with E-state index in [4.69, 9.17) is 22.3 Å². The van der Waals surface area contributed by atoms with Crippen LogP contribution >= 0.6 is 22.9 Å². The van der Waals surface area contributed by atoms with Crippen molar-refractivity contribution in [1.29, 1.82) is 0 Å². The summed E-state index contributed by atoms with van der Waals surface area (Å²) in [6.45, 7) is 0.567. The summed E-state index contributed by atoms with van der Waals surface area (Å²) in [6, 6.07) is 16.1. The third-order valence-electron chi connectivity index (χ3n) is 3.28. The molecule has 0 amide bonds. The molecule has 0 aliphatic heterocycles. The first kappa shape index (κ1) is 14.3. The Balaban J connectivity index is 1.79. The molecule has 0 unspecified atom stereocenters. The van der Waals surface area contributed by atoms with Gasteiger partial charge in [-0.25, -0.2) is 4.98 Å². The van der Waals surface area contributed by atoms with Gasteiger partial charge in [-0.3, -0.25) is 0 Å². The highest BCUT2D eigenvalue weighted by Gasteiger charge is 2.06. The van der Waals surface area contributed by atoms with Crippen molar-refractivity contribution in [3.8, 4) is 11.3 Å². The van der Waals surface area contributed by atoms with Crippen LogP contribution in [0.1, 0.15) is 16.1 Å². The van der Waals surface area contributed by atoms with Gasteiger partial charge in [0, 0.05) is 28.9 Å². The minimum Gasteiger partial charge on any atom is -0.326 e. The Morgan fingerprint density at radius 1 is 1.05 bits per heavy atom. The van der Waals surface area contributed by atoms with E-state index in [2.05, 4.69) is 23.6 Å². The van der Waals surface area contributed by atoms with Gasteiger partial charge in [0.25, 0.3) is 0 Å². The Hall–Kier alpha value is -1.68. The third-order valence-corrected chi connectivity index (χ3v) is 4.37. The van der Waals surface area contributed by atoms with Gasteiger partial charge >= 0.3 is 0 Å². The lowest BCUT2D eigenvalue weighted by molar-refractivity contribution is 1.07. The van der Waals surface area contributed by atoms with E-state index in [1.165, 1.54) is 5.56 Å². The lowest BCUT2D eigenvalue weighted by atomic mass is 10.1. The second kappa shape index (κ2) is 6.39. The summed E-state index contributed by atoms with van der Waals surface area (Å²) in [4.78, 5) is 4.71. The smallest absolute Gasteiger partial charge is 0.0976 e. The number of benzene rings is 2. The fourth-order valence-corrected chi connectivity index (χ4v) is 3.21. The van der Waals surface area contributed by atoms with Gasteiger partial charge in [0.05, 0.1) is 10.7 Å². The maximum Gasteiger partial charge on any atom is 0.0976 e. The molecule has 0 spiro atoms. The van der Waals surface area contributed by atoms with Crippen LogP contribution in [0.25, 0.3) is 11.3 Å². The van der Waals surface area contributed by atoms with Crippen molar-refractivity contribution in [1.82, 2.24) is 4.98 Å². The van der Waals surface area contributed by atoms with Crippen LogP contribution in [0.4, 0.5) is 0 Å². The molecule has 1 heterocycles. The molecular formula is C17H15ClN2S. The number of halogens is 1. The summed E-state index contributed by atoms with van der Waals surface area (Å²) in [5, 5.41) is 3.95. The van der Waals surface area contributed by atoms with Crippen LogP contribution in [0.5, 0.6) is 0 Å². The molecule has 21 heavy (non-hydrogen) atoms. The number of hydrogen-bond donors (Lipinski definition) is 1. The monoisotopic (exact) mass is 314 g/mol. The van der Waals surface area contributed by atoms with Gasteiger partial charge in [-0.15, -0.1) is 11.3 Å². The lowest BCUT2D eigenvalue weighted by Gasteiger charge is -2.00. The van der Waals surface area contributed by atoms with Crippen LogP contribution in [0.3, 0.4) is 0 Å². The molecule has 3 aromatic rings. The molecular weight excluding hydrogens is 300 g/mol. The van der Waals surface area contributed by atoms with Crippen LogP contribution in [0.15, 0.2) is 53.9 Å². The van der Waals surface area contributed by atoms with E-state index in [0.29, 0.717) is 6.54 Å². The van der Waals surface area contributed by atoms with E-state index < -0.39 is 0 Å². The SMILES string of the molecule is NCc1ccc(-c2csc(Cc3cccc(Cl)c3)n2)cc1. The molecule has 0 radical (unpaired) electrons. The first-order valence-electron chi connectivity index (χ1n) is 6.73. The minimum atomic E-state index is 0.567.